The van der Waals surface area contributed by atoms with Crippen molar-refractivity contribution in [3.63, 3.8) is 0 Å². The second-order valence-corrected chi connectivity index (χ2v) is 10.9. The minimum absolute atomic E-state index is 0.0187. The molecule has 12 heteroatoms. The predicted molar refractivity (Wildman–Crippen MR) is 168 cm³/mol. The zero-order valence-electron chi connectivity index (χ0n) is 25.1. The molecule has 2 heterocycles. The van der Waals surface area contributed by atoms with Crippen molar-refractivity contribution in [3.05, 3.63) is 124 Å². The lowest BCUT2D eigenvalue weighted by molar-refractivity contribution is -0.384. The summed E-state index contributed by atoms with van der Waals surface area (Å²) < 4.78 is 24.7. The van der Waals surface area contributed by atoms with Crippen molar-refractivity contribution in [3.8, 4) is 17.2 Å². The summed E-state index contributed by atoms with van der Waals surface area (Å²) in [5.41, 5.74) is 2.53. The average Bonchev–Trinajstić information content (AvgIpc) is 3.34. The van der Waals surface area contributed by atoms with Crippen molar-refractivity contribution >= 4 is 29.1 Å². The lowest BCUT2D eigenvalue weighted by Crippen LogP contribution is -2.40. The summed E-state index contributed by atoms with van der Waals surface area (Å²) in [6.45, 7) is 6.05. The number of hydrogen-bond acceptors (Lipinski definition) is 10. The van der Waals surface area contributed by atoms with E-state index >= 15 is 0 Å². The fourth-order valence-corrected chi connectivity index (χ4v) is 6.03. The van der Waals surface area contributed by atoms with Crippen LogP contribution < -0.4 is 29.1 Å². The van der Waals surface area contributed by atoms with Gasteiger partial charge in [-0.2, -0.15) is 0 Å². The first-order chi connectivity index (χ1) is 21.7. The number of methoxy groups -OCH3 is 1. The number of nitro benzene ring substituents is 1. The summed E-state index contributed by atoms with van der Waals surface area (Å²) in [5, 5.41) is 10.9. The number of ether oxygens (including phenoxy) is 4. The van der Waals surface area contributed by atoms with Gasteiger partial charge in [-0.15, -0.1) is 0 Å². The monoisotopic (exact) mass is 629 g/mol. The number of carbonyl (C=O) groups excluding carboxylic acids is 1. The molecule has 1 aliphatic heterocycles. The quantitative estimate of drug-likeness (QED) is 0.133. The SMILES string of the molecule is CCOC(=O)C1=C(C)N=c2s/c(=C/c3ccc(OCc4ccc([N+](=O)[O-])cc4)cc3)c(=O)n2[C@@H]1c1cccc(OC)c1OCC. The maximum absolute atomic E-state index is 14.0. The van der Waals surface area contributed by atoms with Gasteiger partial charge in [-0.1, -0.05) is 35.6 Å². The molecule has 0 saturated heterocycles. The summed E-state index contributed by atoms with van der Waals surface area (Å²) in [6, 6.07) is 17.9. The molecule has 5 rings (SSSR count). The minimum Gasteiger partial charge on any atom is -0.493 e. The number of nitro groups is 1. The van der Waals surface area contributed by atoms with Gasteiger partial charge in [0.05, 0.1) is 41.0 Å². The number of rotatable bonds is 11. The first-order valence-corrected chi connectivity index (χ1v) is 15.0. The third-order valence-electron chi connectivity index (χ3n) is 7.06. The number of hydrogen-bond donors (Lipinski definition) is 0. The molecule has 0 amide bonds. The molecule has 0 unspecified atom stereocenters. The van der Waals surface area contributed by atoms with Gasteiger partial charge >= 0.3 is 5.97 Å². The van der Waals surface area contributed by atoms with Crippen LogP contribution in [-0.4, -0.2) is 35.8 Å². The summed E-state index contributed by atoms with van der Waals surface area (Å²) in [7, 11) is 1.53. The van der Waals surface area contributed by atoms with E-state index in [-0.39, 0.29) is 30.0 Å². The van der Waals surface area contributed by atoms with Gasteiger partial charge in [0, 0.05) is 17.7 Å². The molecular weight excluding hydrogens is 598 g/mol. The fourth-order valence-electron chi connectivity index (χ4n) is 4.99. The number of non-ortho nitro benzene ring substituents is 1. The Balaban J connectivity index is 1.51. The molecule has 232 valence electrons. The Labute approximate surface area is 262 Å². The van der Waals surface area contributed by atoms with Crippen LogP contribution in [0.25, 0.3) is 6.08 Å². The van der Waals surface area contributed by atoms with E-state index in [4.69, 9.17) is 18.9 Å². The molecule has 0 bridgehead atoms. The van der Waals surface area contributed by atoms with Crippen molar-refractivity contribution < 1.29 is 28.7 Å². The van der Waals surface area contributed by atoms with E-state index in [1.165, 1.54) is 35.1 Å². The highest BCUT2D eigenvalue weighted by Gasteiger charge is 2.36. The second kappa shape index (κ2) is 13.6. The first kappa shape index (κ1) is 31.2. The Morgan fingerprint density at radius 1 is 1.04 bits per heavy atom. The Kier molecular flexibility index (Phi) is 9.43. The number of fused-ring (bicyclic) bond motifs is 1. The van der Waals surface area contributed by atoms with Gasteiger partial charge in [-0.3, -0.25) is 19.5 Å². The summed E-state index contributed by atoms with van der Waals surface area (Å²) in [5.74, 6) is 0.948. The number of esters is 1. The van der Waals surface area contributed by atoms with Crippen LogP contribution in [0.3, 0.4) is 0 Å². The molecule has 45 heavy (non-hydrogen) atoms. The second-order valence-electron chi connectivity index (χ2n) is 9.90. The fraction of sp³-hybridized carbons (Fsp3) is 0.242. The Morgan fingerprint density at radius 2 is 1.78 bits per heavy atom. The normalized spacial score (nSPS) is 14.4. The molecule has 0 spiro atoms. The molecule has 0 radical (unpaired) electrons. The van der Waals surface area contributed by atoms with Crippen molar-refractivity contribution in [2.45, 2.75) is 33.4 Å². The van der Waals surface area contributed by atoms with Crippen LogP contribution in [0.4, 0.5) is 5.69 Å². The highest BCUT2D eigenvalue weighted by atomic mass is 32.1. The molecule has 1 aliphatic rings. The number of allylic oxidation sites excluding steroid dienone is 1. The topological polar surface area (TPSA) is 131 Å². The van der Waals surface area contributed by atoms with Crippen LogP contribution in [0.5, 0.6) is 17.2 Å². The zero-order chi connectivity index (χ0) is 32.1. The van der Waals surface area contributed by atoms with Crippen LogP contribution in [-0.2, 0) is 16.1 Å². The van der Waals surface area contributed by atoms with E-state index in [1.54, 1.807) is 56.3 Å². The van der Waals surface area contributed by atoms with E-state index in [1.807, 2.05) is 25.1 Å². The molecule has 1 atom stereocenters. The predicted octanol–water partition coefficient (Wildman–Crippen LogP) is 4.69. The Bertz CT molecular complexity index is 1940. The van der Waals surface area contributed by atoms with Crippen molar-refractivity contribution in [1.29, 1.82) is 0 Å². The lowest BCUT2D eigenvalue weighted by Gasteiger charge is -2.26. The van der Waals surface area contributed by atoms with E-state index in [0.717, 1.165) is 11.1 Å². The number of aromatic nitrogens is 1. The standard InChI is InChI=1S/C33H31N3O8S/c1-5-42-30-25(8-7-9-26(30)41-4)29-28(32(38)43-6-2)20(3)34-33-35(29)31(37)27(45-33)18-21-12-16-24(17-13-21)44-19-22-10-14-23(15-11-22)36(39)40/h7-18,29H,5-6,19H2,1-4H3/b27-18+/t29-/m1/s1. The molecule has 3 aromatic carbocycles. The van der Waals surface area contributed by atoms with Crippen LogP contribution in [0, 0.1) is 10.1 Å². The van der Waals surface area contributed by atoms with Crippen LogP contribution in [0.2, 0.25) is 0 Å². The van der Waals surface area contributed by atoms with Crippen molar-refractivity contribution in [2.24, 2.45) is 4.99 Å². The van der Waals surface area contributed by atoms with Crippen molar-refractivity contribution in [2.75, 3.05) is 20.3 Å². The smallest absolute Gasteiger partial charge is 0.338 e. The van der Waals surface area contributed by atoms with Crippen LogP contribution in [0.1, 0.15) is 43.5 Å². The number of para-hydroxylation sites is 1. The van der Waals surface area contributed by atoms with Gasteiger partial charge in [-0.05, 0) is 68.3 Å². The van der Waals surface area contributed by atoms with E-state index in [0.29, 0.717) is 44.4 Å². The van der Waals surface area contributed by atoms with Gasteiger partial charge < -0.3 is 18.9 Å². The third kappa shape index (κ3) is 6.50. The van der Waals surface area contributed by atoms with Gasteiger partial charge in [0.2, 0.25) is 0 Å². The van der Waals surface area contributed by atoms with Crippen molar-refractivity contribution in [1.82, 2.24) is 4.57 Å². The first-order valence-electron chi connectivity index (χ1n) is 14.2. The molecule has 4 aromatic rings. The molecule has 11 nitrogen and oxygen atoms in total. The number of thiazole rings is 1. The van der Waals surface area contributed by atoms with E-state index in [2.05, 4.69) is 4.99 Å². The Hall–Kier alpha value is -5.23. The van der Waals surface area contributed by atoms with Gasteiger partial charge in [0.1, 0.15) is 18.4 Å². The molecule has 1 aromatic heterocycles. The van der Waals surface area contributed by atoms with Crippen LogP contribution >= 0.6 is 11.3 Å². The van der Waals surface area contributed by atoms with Gasteiger partial charge in [0.25, 0.3) is 11.2 Å². The molecule has 0 aliphatic carbocycles. The summed E-state index contributed by atoms with van der Waals surface area (Å²) in [4.78, 5) is 42.8. The molecular formula is C33H31N3O8S. The van der Waals surface area contributed by atoms with E-state index in [9.17, 15) is 19.7 Å². The van der Waals surface area contributed by atoms with E-state index < -0.39 is 16.9 Å². The highest BCUT2D eigenvalue weighted by molar-refractivity contribution is 7.07. The van der Waals surface area contributed by atoms with Gasteiger partial charge in [0.15, 0.2) is 16.3 Å². The molecule has 0 N–H and O–H groups in total. The molecule has 0 fully saturated rings. The minimum atomic E-state index is -0.853. The largest absolute Gasteiger partial charge is 0.493 e. The summed E-state index contributed by atoms with van der Waals surface area (Å²) >= 11 is 1.22. The number of benzene rings is 3. The number of carbonyl (C=O) groups is 1. The van der Waals surface area contributed by atoms with Gasteiger partial charge in [-0.25, -0.2) is 9.79 Å². The average molecular weight is 630 g/mol. The number of nitrogens with zero attached hydrogens (tertiary/aromatic N) is 3. The lowest BCUT2D eigenvalue weighted by atomic mass is 9.94. The Morgan fingerprint density at radius 3 is 2.42 bits per heavy atom. The third-order valence-corrected chi connectivity index (χ3v) is 8.04. The van der Waals surface area contributed by atoms with Crippen LogP contribution in [0.15, 0.2) is 87.8 Å². The maximum Gasteiger partial charge on any atom is 0.338 e. The maximum atomic E-state index is 14.0. The molecule has 0 saturated carbocycles. The zero-order valence-corrected chi connectivity index (χ0v) is 26.0. The highest BCUT2D eigenvalue weighted by Crippen LogP contribution is 2.40. The summed E-state index contributed by atoms with van der Waals surface area (Å²) in [6.07, 6.45) is 1.76.